The summed E-state index contributed by atoms with van der Waals surface area (Å²) in [5.41, 5.74) is -1.67. The molecule has 7 heteroatoms. The van der Waals surface area contributed by atoms with E-state index in [0.717, 1.165) is 0 Å². The summed E-state index contributed by atoms with van der Waals surface area (Å²) in [6.45, 7) is 0. The Kier molecular flexibility index (Phi) is 8.57. The molecule has 6 N–H and O–H groups in total. The zero-order valence-electron chi connectivity index (χ0n) is 6.98. The molecule has 0 bridgehead atoms. The third-order valence-electron chi connectivity index (χ3n) is 1.99. The van der Waals surface area contributed by atoms with Gasteiger partial charge in [-0.15, -0.1) is 0 Å². The topological polar surface area (TPSA) is 150 Å². The summed E-state index contributed by atoms with van der Waals surface area (Å²) in [7, 11) is 0. The SMILES string of the molecule is N.N.O=C([O-])C1(C(=O)[O-])CCC1.[193Pt+2]. The Morgan fingerprint density at radius 2 is 1.31 bits per heavy atom. The minimum absolute atomic E-state index is 0. The van der Waals surface area contributed by atoms with Gasteiger partial charge in [0.2, 0.25) is 0 Å². The average molecular weight is 369 g/mol. The molecule has 0 aromatic carbocycles. The van der Waals surface area contributed by atoms with E-state index in [9.17, 15) is 19.8 Å². The molecule has 6 nitrogen and oxygen atoms in total. The predicted molar refractivity (Wildman–Crippen MR) is 36.3 cm³/mol. The first-order valence-electron chi connectivity index (χ1n) is 3.02. The molecule has 0 aromatic heterocycles. The third-order valence-corrected chi connectivity index (χ3v) is 1.99. The van der Waals surface area contributed by atoms with Crippen LogP contribution in [0.1, 0.15) is 19.3 Å². The third kappa shape index (κ3) is 2.76. The van der Waals surface area contributed by atoms with Crippen LogP contribution in [-0.4, -0.2) is 11.9 Å². The zero-order chi connectivity index (χ0) is 7.78. The van der Waals surface area contributed by atoms with Crippen molar-refractivity contribution in [3.8, 4) is 0 Å². The van der Waals surface area contributed by atoms with E-state index >= 15 is 0 Å². The number of rotatable bonds is 2. The fraction of sp³-hybridized carbons (Fsp3) is 0.667. The molecule has 0 spiro atoms. The predicted octanol–water partition coefficient (Wildman–Crippen LogP) is -2.02. The van der Waals surface area contributed by atoms with E-state index in [4.69, 9.17) is 0 Å². The molecule has 1 aliphatic carbocycles. The number of carboxylic acids is 2. The van der Waals surface area contributed by atoms with Crippen LogP contribution >= 0.6 is 0 Å². The number of aliphatic carboxylic acids is 2. The van der Waals surface area contributed by atoms with Crippen LogP contribution in [0.3, 0.4) is 0 Å². The fourth-order valence-electron chi connectivity index (χ4n) is 1.02. The van der Waals surface area contributed by atoms with Gasteiger partial charge in [0, 0.05) is 5.41 Å². The molecule has 13 heavy (non-hydrogen) atoms. The van der Waals surface area contributed by atoms with Crippen molar-refractivity contribution < 1.29 is 40.9 Å². The van der Waals surface area contributed by atoms with E-state index in [1.807, 2.05) is 0 Å². The van der Waals surface area contributed by atoms with Crippen molar-refractivity contribution >= 4 is 11.9 Å². The fourth-order valence-corrected chi connectivity index (χ4v) is 1.02. The van der Waals surface area contributed by atoms with Gasteiger partial charge in [0.15, 0.2) is 0 Å². The van der Waals surface area contributed by atoms with Crippen molar-refractivity contribution in [3.05, 3.63) is 0 Å². The summed E-state index contributed by atoms with van der Waals surface area (Å²) in [5, 5.41) is 20.4. The first kappa shape index (κ1) is 18.4. The minimum Gasteiger partial charge on any atom is -0.549 e. The maximum Gasteiger partial charge on any atom is 2.00 e. The van der Waals surface area contributed by atoms with Crippen LogP contribution in [-0.2, 0) is 30.7 Å². The number of carboxylic acid groups (broad SMARTS) is 2. The number of carbonyl (C=O) groups excluding carboxylic acids is 2. The van der Waals surface area contributed by atoms with Crippen molar-refractivity contribution in [3.63, 3.8) is 0 Å². The molecule has 0 amide bonds. The van der Waals surface area contributed by atoms with Gasteiger partial charge >= 0.3 is 21.1 Å². The van der Waals surface area contributed by atoms with E-state index in [0.29, 0.717) is 6.42 Å². The molecule has 80 valence electrons. The summed E-state index contributed by atoms with van der Waals surface area (Å²) >= 11 is 0. The van der Waals surface area contributed by atoms with Crippen molar-refractivity contribution in [2.75, 3.05) is 0 Å². The molecule has 1 rings (SSSR count). The van der Waals surface area contributed by atoms with Gasteiger partial charge in [0.25, 0.3) is 0 Å². The molecular formula is C6H12N2O4Pt. The second-order valence-corrected chi connectivity index (χ2v) is 2.51. The van der Waals surface area contributed by atoms with Gasteiger partial charge in [-0.3, -0.25) is 0 Å². The van der Waals surface area contributed by atoms with Crippen molar-refractivity contribution in [2.45, 2.75) is 19.3 Å². The first-order valence-corrected chi connectivity index (χ1v) is 3.02. The normalized spacial score (nSPS) is 16.3. The Morgan fingerprint density at radius 1 is 1.00 bits per heavy atom. The van der Waals surface area contributed by atoms with Crippen molar-refractivity contribution in [1.82, 2.24) is 12.3 Å². The molecule has 0 radical (unpaired) electrons. The molecule has 1 aliphatic rings. The molecule has 0 heterocycles. The van der Waals surface area contributed by atoms with E-state index in [1.54, 1.807) is 0 Å². The van der Waals surface area contributed by atoms with E-state index < -0.39 is 17.4 Å². The Morgan fingerprint density at radius 3 is 1.31 bits per heavy atom. The Balaban J connectivity index is -0.000000333. The smallest absolute Gasteiger partial charge is 0.549 e. The summed E-state index contributed by atoms with van der Waals surface area (Å²) in [4.78, 5) is 20.4. The van der Waals surface area contributed by atoms with Crippen LogP contribution < -0.4 is 22.5 Å². The summed E-state index contributed by atoms with van der Waals surface area (Å²) < 4.78 is 0. The zero-order valence-corrected chi connectivity index (χ0v) is 9.26. The molecule has 0 aromatic rings. The van der Waals surface area contributed by atoms with Crippen LogP contribution in [0, 0.1) is 5.41 Å². The van der Waals surface area contributed by atoms with Gasteiger partial charge < -0.3 is 32.1 Å². The van der Waals surface area contributed by atoms with Crippen LogP contribution in [0.2, 0.25) is 0 Å². The molecular weight excluding hydrogens is 357 g/mol. The average Bonchev–Trinajstić information content (AvgIpc) is 1.57. The van der Waals surface area contributed by atoms with Crippen LogP contribution in [0.4, 0.5) is 0 Å². The second kappa shape index (κ2) is 6.07. The van der Waals surface area contributed by atoms with Gasteiger partial charge in [-0.25, -0.2) is 0 Å². The Bertz CT molecular complexity index is 177. The quantitative estimate of drug-likeness (QED) is 0.536. The largest absolute Gasteiger partial charge is 2.00 e. The van der Waals surface area contributed by atoms with Crippen LogP contribution in [0.15, 0.2) is 0 Å². The van der Waals surface area contributed by atoms with Crippen LogP contribution in [0.5, 0.6) is 0 Å². The molecule has 0 aliphatic heterocycles. The van der Waals surface area contributed by atoms with E-state index in [2.05, 4.69) is 0 Å². The number of carbonyl (C=O) groups is 2. The maximum absolute atomic E-state index is 10.2. The molecule has 0 atom stereocenters. The number of hydrogen-bond acceptors (Lipinski definition) is 6. The second-order valence-electron chi connectivity index (χ2n) is 2.51. The monoisotopic (exact) mass is 369 g/mol. The summed E-state index contributed by atoms with van der Waals surface area (Å²) in [6, 6.07) is 0. The number of hydrogen-bond donors (Lipinski definition) is 2. The van der Waals surface area contributed by atoms with Gasteiger partial charge in [-0.1, -0.05) is 6.42 Å². The van der Waals surface area contributed by atoms with Gasteiger partial charge in [0.1, 0.15) is 0 Å². The molecule has 0 saturated heterocycles. The molecule has 0 unspecified atom stereocenters. The van der Waals surface area contributed by atoms with Gasteiger partial charge in [-0.05, 0) is 12.8 Å². The van der Waals surface area contributed by atoms with Crippen molar-refractivity contribution in [2.24, 2.45) is 5.41 Å². The summed E-state index contributed by atoms with van der Waals surface area (Å²) in [6.07, 6.45) is 0.928. The molecule has 1 saturated carbocycles. The van der Waals surface area contributed by atoms with Gasteiger partial charge in [-0.2, -0.15) is 0 Å². The Labute approximate surface area is 90.1 Å². The minimum atomic E-state index is -1.67. The van der Waals surface area contributed by atoms with Crippen molar-refractivity contribution in [1.29, 1.82) is 0 Å². The first-order chi connectivity index (χ1) is 4.59. The summed E-state index contributed by atoms with van der Waals surface area (Å²) in [5.74, 6) is -3.03. The maximum atomic E-state index is 10.2. The standard InChI is InChI=1S/C6H8O4.2H3N.Pt/c7-4(8)6(5(9)10)2-1-3-6;;;/h1-3H2,(H,7,8)(H,9,10);2*1H3;/q;;;+2/p-2/i;;;1-2. The van der Waals surface area contributed by atoms with Gasteiger partial charge in [0.05, 0.1) is 11.9 Å². The van der Waals surface area contributed by atoms with Crippen LogP contribution in [0.25, 0.3) is 0 Å². The van der Waals surface area contributed by atoms with E-state index in [-0.39, 0.29) is 46.2 Å². The molecule has 1 fully saturated rings. The Hall–Kier alpha value is -0.452. The van der Waals surface area contributed by atoms with E-state index in [1.165, 1.54) is 0 Å².